The summed E-state index contributed by atoms with van der Waals surface area (Å²) in [4.78, 5) is 11.8. The first-order valence-corrected chi connectivity index (χ1v) is 18.1. The number of aliphatic carboxylic acids is 1. The van der Waals surface area contributed by atoms with Gasteiger partial charge in [-0.05, 0) is 68.6 Å². The van der Waals surface area contributed by atoms with E-state index in [1.165, 1.54) is 128 Å². The van der Waals surface area contributed by atoms with E-state index in [9.17, 15) is 9.90 Å². The molecule has 0 spiro atoms. The zero-order chi connectivity index (χ0) is 29.8. The molecule has 4 atom stereocenters. The lowest BCUT2D eigenvalue weighted by Gasteiger charge is -2.18. The van der Waals surface area contributed by atoms with Gasteiger partial charge < -0.3 is 5.11 Å². The summed E-state index contributed by atoms with van der Waals surface area (Å²) in [6.07, 6.45) is 35.2. The molecule has 0 radical (unpaired) electrons. The smallest absolute Gasteiger partial charge is 0.306 e. The molecule has 2 heteroatoms. The first-order valence-electron chi connectivity index (χ1n) is 18.1. The van der Waals surface area contributed by atoms with E-state index in [0.717, 1.165) is 43.4 Å². The van der Waals surface area contributed by atoms with Crippen LogP contribution in [0.1, 0.15) is 196 Å². The van der Waals surface area contributed by atoms with Crippen LogP contribution in [-0.2, 0) is 4.79 Å². The maximum Gasteiger partial charge on any atom is 0.306 e. The van der Waals surface area contributed by atoms with E-state index in [4.69, 9.17) is 0 Å². The molecule has 0 aliphatic heterocycles. The molecule has 0 aromatic carbocycles. The van der Waals surface area contributed by atoms with Crippen LogP contribution in [0.5, 0.6) is 0 Å². The fourth-order valence-electron chi connectivity index (χ4n) is 6.10. The van der Waals surface area contributed by atoms with E-state index in [1.807, 2.05) is 0 Å². The summed E-state index contributed by atoms with van der Waals surface area (Å²) in [6, 6.07) is 0. The number of carbonyl (C=O) groups is 1. The van der Waals surface area contributed by atoms with Crippen LogP contribution in [0.3, 0.4) is 0 Å². The molecule has 0 aliphatic rings. The molecular formula is C38H74O2. The molecule has 238 valence electrons. The van der Waals surface area contributed by atoms with Gasteiger partial charge in [0.25, 0.3) is 0 Å². The number of hydrogen-bond donors (Lipinski definition) is 1. The number of allylic oxidation sites excluding steroid dienone is 2. The summed E-state index contributed by atoms with van der Waals surface area (Å²) in [7, 11) is 0. The number of unbranched alkanes of at least 4 members (excludes halogenated alkanes) is 10. The molecule has 0 aromatic heterocycles. The Labute approximate surface area is 253 Å². The van der Waals surface area contributed by atoms with Gasteiger partial charge in [-0.3, -0.25) is 4.79 Å². The van der Waals surface area contributed by atoms with Crippen LogP contribution in [0.2, 0.25) is 0 Å². The zero-order valence-electron chi connectivity index (χ0n) is 28.4. The Morgan fingerprint density at radius 3 is 1.40 bits per heavy atom. The Morgan fingerprint density at radius 1 is 0.500 bits per heavy atom. The molecule has 0 aromatic rings. The van der Waals surface area contributed by atoms with E-state index in [2.05, 4.69) is 53.7 Å². The topological polar surface area (TPSA) is 37.3 Å². The highest BCUT2D eigenvalue weighted by Gasteiger charge is 2.18. The van der Waals surface area contributed by atoms with Crippen LogP contribution in [0.25, 0.3) is 0 Å². The minimum absolute atomic E-state index is 0.138. The molecule has 4 unspecified atom stereocenters. The first-order chi connectivity index (χ1) is 19.3. The summed E-state index contributed by atoms with van der Waals surface area (Å²) in [5.74, 6) is 2.50. The standard InChI is InChI=1S/C38H74O2/c1-7-8-9-10-11-12-13-14-15-16-17-18-19-20-30-37(38(39)40)32-31-36(6)29-23-28-35(5)27-22-26-34(4)25-21-24-33(2)3/h14-15,33-37H,7-13,16-32H2,1-6H3,(H,39,40)/b15-14-. The second-order valence-electron chi connectivity index (χ2n) is 14.1. The molecule has 0 heterocycles. The van der Waals surface area contributed by atoms with Crippen molar-refractivity contribution in [2.45, 2.75) is 196 Å². The second kappa shape index (κ2) is 28.3. The third-order valence-electron chi connectivity index (χ3n) is 9.19. The monoisotopic (exact) mass is 563 g/mol. The van der Waals surface area contributed by atoms with E-state index in [1.54, 1.807) is 0 Å². The van der Waals surface area contributed by atoms with Crippen LogP contribution in [-0.4, -0.2) is 11.1 Å². The maximum absolute atomic E-state index is 11.8. The van der Waals surface area contributed by atoms with Crippen molar-refractivity contribution in [1.29, 1.82) is 0 Å². The highest BCUT2D eigenvalue weighted by Crippen LogP contribution is 2.25. The van der Waals surface area contributed by atoms with E-state index in [0.29, 0.717) is 5.92 Å². The predicted molar refractivity (Wildman–Crippen MR) is 179 cm³/mol. The molecule has 0 aliphatic carbocycles. The van der Waals surface area contributed by atoms with Gasteiger partial charge in [0.1, 0.15) is 0 Å². The van der Waals surface area contributed by atoms with Gasteiger partial charge in [0.15, 0.2) is 0 Å². The molecule has 0 bridgehead atoms. The predicted octanol–water partition coefficient (Wildman–Crippen LogP) is 13.2. The van der Waals surface area contributed by atoms with Crippen molar-refractivity contribution in [3.63, 3.8) is 0 Å². The van der Waals surface area contributed by atoms with Crippen molar-refractivity contribution in [3.8, 4) is 0 Å². The maximum atomic E-state index is 11.8. The second-order valence-corrected chi connectivity index (χ2v) is 14.1. The van der Waals surface area contributed by atoms with E-state index < -0.39 is 5.97 Å². The fraction of sp³-hybridized carbons (Fsp3) is 0.921. The van der Waals surface area contributed by atoms with Gasteiger partial charge in [0, 0.05) is 0 Å². The average molecular weight is 563 g/mol. The average Bonchev–Trinajstić information content (AvgIpc) is 2.90. The number of hydrogen-bond acceptors (Lipinski definition) is 1. The largest absolute Gasteiger partial charge is 0.481 e. The Bertz CT molecular complexity index is 566. The number of rotatable bonds is 30. The van der Waals surface area contributed by atoms with Crippen molar-refractivity contribution in [1.82, 2.24) is 0 Å². The lowest BCUT2D eigenvalue weighted by Crippen LogP contribution is -2.15. The van der Waals surface area contributed by atoms with Gasteiger partial charge in [-0.15, -0.1) is 0 Å². The highest BCUT2D eigenvalue weighted by atomic mass is 16.4. The summed E-state index contributed by atoms with van der Waals surface area (Å²) in [6.45, 7) is 14.1. The van der Waals surface area contributed by atoms with E-state index in [-0.39, 0.29) is 5.92 Å². The fourth-order valence-corrected chi connectivity index (χ4v) is 6.10. The zero-order valence-corrected chi connectivity index (χ0v) is 28.4. The Balaban J connectivity index is 3.77. The third kappa shape index (κ3) is 27.4. The molecule has 2 nitrogen and oxygen atoms in total. The summed E-state index contributed by atoms with van der Waals surface area (Å²) in [5.41, 5.74) is 0. The SMILES string of the molecule is CCCCCCCC/C=C\CCCCCCC(CCC(C)CCCC(C)CCCC(C)CCCC(C)C)C(=O)O. The van der Waals surface area contributed by atoms with Crippen LogP contribution in [0, 0.1) is 29.6 Å². The van der Waals surface area contributed by atoms with Crippen molar-refractivity contribution < 1.29 is 9.90 Å². The van der Waals surface area contributed by atoms with Crippen LogP contribution in [0.4, 0.5) is 0 Å². The van der Waals surface area contributed by atoms with Gasteiger partial charge in [0.05, 0.1) is 5.92 Å². The summed E-state index contributed by atoms with van der Waals surface area (Å²) < 4.78 is 0. The first kappa shape index (κ1) is 39.2. The summed E-state index contributed by atoms with van der Waals surface area (Å²) >= 11 is 0. The molecule has 0 fully saturated rings. The number of carboxylic acid groups (broad SMARTS) is 1. The van der Waals surface area contributed by atoms with Crippen LogP contribution >= 0.6 is 0 Å². The Kier molecular flexibility index (Phi) is 27.8. The van der Waals surface area contributed by atoms with Crippen molar-refractivity contribution in [2.75, 3.05) is 0 Å². The minimum Gasteiger partial charge on any atom is -0.481 e. The molecule has 0 saturated carbocycles. The van der Waals surface area contributed by atoms with E-state index >= 15 is 0 Å². The van der Waals surface area contributed by atoms with Crippen molar-refractivity contribution >= 4 is 5.97 Å². The van der Waals surface area contributed by atoms with Gasteiger partial charge in [-0.25, -0.2) is 0 Å². The van der Waals surface area contributed by atoms with Gasteiger partial charge in [0.2, 0.25) is 0 Å². The van der Waals surface area contributed by atoms with Crippen molar-refractivity contribution in [3.05, 3.63) is 12.2 Å². The molecular weight excluding hydrogens is 488 g/mol. The third-order valence-corrected chi connectivity index (χ3v) is 9.19. The van der Waals surface area contributed by atoms with Crippen LogP contribution in [0.15, 0.2) is 12.2 Å². The van der Waals surface area contributed by atoms with Gasteiger partial charge in [-0.1, -0.05) is 163 Å². The van der Waals surface area contributed by atoms with Crippen molar-refractivity contribution in [2.24, 2.45) is 29.6 Å². The van der Waals surface area contributed by atoms with Crippen LogP contribution < -0.4 is 0 Å². The minimum atomic E-state index is -0.572. The normalized spacial score (nSPS) is 15.1. The molecule has 1 N–H and O–H groups in total. The molecule has 0 rings (SSSR count). The quantitative estimate of drug-likeness (QED) is 0.0698. The molecule has 40 heavy (non-hydrogen) atoms. The Morgan fingerprint density at radius 2 is 0.925 bits per heavy atom. The lowest BCUT2D eigenvalue weighted by atomic mass is 9.88. The van der Waals surface area contributed by atoms with Gasteiger partial charge in [-0.2, -0.15) is 0 Å². The van der Waals surface area contributed by atoms with Gasteiger partial charge >= 0.3 is 5.97 Å². The lowest BCUT2D eigenvalue weighted by molar-refractivity contribution is -0.142. The Hall–Kier alpha value is -0.790. The highest BCUT2D eigenvalue weighted by molar-refractivity contribution is 5.69. The molecule has 0 saturated heterocycles. The summed E-state index contributed by atoms with van der Waals surface area (Å²) in [5, 5.41) is 9.72. The molecule has 0 amide bonds. The number of carboxylic acids is 1.